The molecule has 2 amide bonds. The van der Waals surface area contributed by atoms with Gasteiger partial charge >= 0.3 is 0 Å². The molecule has 0 saturated heterocycles. The number of amides is 2. The van der Waals surface area contributed by atoms with Crippen LogP contribution in [0, 0.1) is 0 Å². The molecule has 0 saturated carbocycles. The van der Waals surface area contributed by atoms with Crippen LogP contribution in [0.2, 0.25) is 0 Å². The Morgan fingerprint density at radius 3 is 2.69 bits per heavy atom. The summed E-state index contributed by atoms with van der Waals surface area (Å²) in [5.74, 6) is 0.0773. The molecular formula is C9H16N2O4S. The van der Waals surface area contributed by atoms with Crippen molar-refractivity contribution in [3.63, 3.8) is 0 Å². The first-order valence-electron chi connectivity index (χ1n) is 4.77. The van der Waals surface area contributed by atoms with E-state index in [0.29, 0.717) is 12.0 Å². The summed E-state index contributed by atoms with van der Waals surface area (Å²) < 4.78 is 0. The Balaban J connectivity index is 3.65. The highest BCUT2D eigenvalue weighted by Gasteiger charge is 2.09. The number of nitrogens with one attached hydrogen (secondary N) is 2. The van der Waals surface area contributed by atoms with Crippen molar-refractivity contribution < 1.29 is 19.5 Å². The van der Waals surface area contributed by atoms with E-state index < -0.39 is 6.04 Å². The highest BCUT2D eigenvalue weighted by molar-refractivity contribution is 8.00. The van der Waals surface area contributed by atoms with E-state index in [1.807, 2.05) is 0 Å². The summed E-state index contributed by atoms with van der Waals surface area (Å²) in [6, 6.07) is -0.562. The van der Waals surface area contributed by atoms with Gasteiger partial charge in [-0.25, -0.2) is 0 Å². The third-order valence-electron chi connectivity index (χ3n) is 1.52. The van der Waals surface area contributed by atoms with Crippen molar-refractivity contribution in [2.45, 2.75) is 13.0 Å². The maximum atomic E-state index is 11.1. The highest BCUT2D eigenvalue weighted by Crippen LogP contribution is 2.01. The van der Waals surface area contributed by atoms with Gasteiger partial charge in [0.25, 0.3) is 0 Å². The Morgan fingerprint density at radius 2 is 2.19 bits per heavy atom. The summed E-state index contributed by atoms with van der Waals surface area (Å²) >= 11 is 1.25. The number of aliphatic hydroxyl groups is 1. The van der Waals surface area contributed by atoms with Crippen LogP contribution >= 0.6 is 11.8 Å². The fourth-order valence-electron chi connectivity index (χ4n) is 0.901. The van der Waals surface area contributed by atoms with Gasteiger partial charge in [-0.15, -0.1) is 11.8 Å². The van der Waals surface area contributed by atoms with E-state index in [1.165, 1.54) is 18.7 Å². The molecule has 92 valence electrons. The van der Waals surface area contributed by atoms with Crippen molar-refractivity contribution in [3.8, 4) is 0 Å². The lowest BCUT2D eigenvalue weighted by Crippen LogP contribution is -2.37. The maximum absolute atomic E-state index is 11.1. The molecule has 0 aliphatic heterocycles. The molecule has 0 heterocycles. The van der Waals surface area contributed by atoms with Gasteiger partial charge < -0.3 is 20.5 Å². The molecule has 6 nitrogen and oxygen atoms in total. The van der Waals surface area contributed by atoms with Gasteiger partial charge in [-0.3, -0.25) is 9.59 Å². The topological polar surface area (TPSA) is 95.5 Å². The zero-order chi connectivity index (χ0) is 12.4. The van der Waals surface area contributed by atoms with Crippen LogP contribution in [0.4, 0.5) is 0 Å². The first-order chi connectivity index (χ1) is 7.60. The van der Waals surface area contributed by atoms with Gasteiger partial charge in [0.05, 0.1) is 18.4 Å². The van der Waals surface area contributed by atoms with E-state index in [0.717, 1.165) is 0 Å². The third-order valence-corrected chi connectivity index (χ3v) is 2.58. The van der Waals surface area contributed by atoms with Crippen LogP contribution in [0.3, 0.4) is 0 Å². The molecule has 0 rings (SSSR count). The molecule has 0 unspecified atom stereocenters. The standard InChI is InChI=1S/C9H16N2O4S/c1-7(14)11-8(4-13)5-16-6-9(15)10-2-3-12/h4,8,12H,2-3,5-6H2,1H3,(H,10,15)(H,11,14)/t8-/m1/s1. The molecular weight excluding hydrogens is 232 g/mol. The minimum atomic E-state index is -0.562. The Hall–Kier alpha value is -1.08. The van der Waals surface area contributed by atoms with E-state index in [4.69, 9.17) is 5.11 Å². The van der Waals surface area contributed by atoms with Crippen molar-refractivity contribution in [2.75, 3.05) is 24.7 Å². The molecule has 0 aromatic carbocycles. The average Bonchev–Trinajstić information content (AvgIpc) is 2.24. The Morgan fingerprint density at radius 1 is 1.50 bits per heavy atom. The molecule has 1 atom stereocenters. The highest BCUT2D eigenvalue weighted by atomic mass is 32.2. The SMILES string of the molecule is CC(=O)N[C@H](C=O)CSCC(=O)NCCO. The van der Waals surface area contributed by atoms with Gasteiger partial charge in [0.1, 0.15) is 6.29 Å². The molecule has 0 aliphatic carbocycles. The van der Waals surface area contributed by atoms with Crippen LogP contribution in [0.15, 0.2) is 0 Å². The molecule has 0 fully saturated rings. The number of aldehydes is 1. The predicted molar refractivity (Wildman–Crippen MR) is 61.1 cm³/mol. The van der Waals surface area contributed by atoms with E-state index in [-0.39, 0.29) is 30.7 Å². The van der Waals surface area contributed by atoms with Crippen LogP contribution in [0.1, 0.15) is 6.92 Å². The van der Waals surface area contributed by atoms with Gasteiger partial charge in [-0.2, -0.15) is 0 Å². The van der Waals surface area contributed by atoms with Crippen LogP contribution < -0.4 is 10.6 Å². The van der Waals surface area contributed by atoms with E-state index in [1.54, 1.807) is 0 Å². The fraction of sp³-hybridized carbons (Fsp3) is 0.667. The average molecular weight is 248 g/mol. The third kappa shape index (κ3) is 8.25. The quantitative estimate of drug-likeness (QED) is 0.456. The first-order valence-corrected chi connectivity index (χ1v) is 5.93. The van der Waals surface area contributed by atoms with Crippen molar-refractivity contribution in [1.29, 1.82) is 0 Å². The number of thioether (sulfide) groups is 1. The Kier molecular flexibility index (Phi) is 8.55. The second-order valence-corrected chi connectivity index (χ2v) is 4.06. The molecule has 0 spiro atoms. The molecule has 0 aromatic heterocycles. The number of rotatable bonds is 8. The molecule has 16 heavy (non-hydrogen) atoms. The van der Waals surface area contributed by atoms with Crippen molar-refractivity contribution in [1.82, 2.24) is 10.6 Å². The molecule has 0 bridgehead atoms. The molecule has 0 aromatic rings. The van der Waals surface area contributed by atoms with Crippen LogP contribution in [-0.2, 0) is 14.4 Å². The van der Waals surface area contributed by atoms with Crippen LogP contribution in [0.25, 0.3) is 0 Å². The minimum Gasteiger partial charge on any atom is -0.395 e. The van der Waals surface area contributed by atoms with Gasteiger partial charge in [0.2, 0.25) is 11.8 Å². The second kappa shape index (κ2) is 9.17. The number of hydrogen-bond acceptors (Lipinski definition) is 5. The monoisotopic (exact) mass is 248 g/mol. The van der Waals surface area contributed by atoms with Gasteiger partial charge in [0.15, 0.2) is 0 Å². The predicted octanol–water partition coefficient (Wildman–Crippen LogP) is -1.47. The first kappa shape index (κ1) is 14.9. The lowest BCUT2D eigenvalue weighted by atomic mass is 10.4. The molecule has 7 heteroatoms. The van der Waals surface area contributed by atoms with E-state index in [9.17, 15) is 14.4 Å². The van der Waals surface area contributed by atoms with Crippen LogP contribution in [-0.4, -0.2) is 53.9 Å². The zero-order valence-corrected chi connectivity index (χ0v) is 9.88. The second-order valence-electron chi connectivity index (χ2n) is 3.03. The normalized spacial score (nSPS) is 11.6. The van der Waals surface area contributed by atoms with Crippen molar-refractivity contribution in [2.24, 2.45) is 0 Å². The summed E-state index contributed by atoms with van der Waals surface area (Å²) in [6.45, 7) is 1.45. The smallest absolute Gasteiger partial charge is 0.230 e. The number of carbonyl (C=O) groups is 3. The zero-order valence-electron chi connectivity index (χ0n) is 9.06. The van der Waals surface area contributed by atoms with E-state index >= 15 is 0 Å². The van der Waals surface area contributed by atoms with Gasteiger partial charge in [-0.1, -0.05) is 0 Å². The summed E-state index contributed by atoms with van der Waals surface area (Å²) in [4.78, 5) is 32.3. The molecule has 0 aliphatic rings. The van der Waals surface area contributed by atoms with Crippen molar-refractivity contribution >= 4 is 29.9 Å². The Labute approximate surface area is 98.2 Å². The lowest BCUT2D eigenvalue weighted by Gasteiger charge is -2.10. The number of aliphatic hydroxyl groups excluding tert-OH is 1. The summed E-state index contributed by atoms with van der Waals surface area (Å²) in [6.07, 6.45) is 0.639. The van der Waals surface area contributed by atoms with E-state index in [2.05, 4.69) is 10.6 Å². The summed E-state index contributed by atoms with van der Waals surface area (Å²) in [7, 11) is 0. The van der Waals surface area contributed by atoms with Gasteiger partial charge in [-0.05, 0) is 0 Å². The van der Waals surface area contributed by atoms with Crippen molar-refractivity contribution in [3.05, 3.63) is 0 Å². The number of hydrogen-bond donors (Lipinski definition) is 3. The fourth-order valence-corrected chi connectivity index (χ4v) is 1.72. The largest absolute Gasteiger partial charge is 0.395 e. The maximum Gasteiger partial charge on any atom is 0.230 e. The summed E-state index contributed by atoms with van der Waals surface area (Å²) in [5.41, 5.74) is 0. The minimum absolute atomic E-state index is 0.0980. The van der Waals surface area contributed by atoms with Gasteiger partial charge in [0, 0.05) is 19.2 Å². The lowest BCUT2D eigenvalue weighted by molar-refractivity contribution is -0.121. The van der Waals surface area contributed by atoms with Crippen LogP contribution in [0.5, 0.6) is 0 Å². The molecule has 3 N–H and O–H groups in total. The number of carbonyl (C=O) groups excluding carboxylic acids is 3. The Bertz CT molecular complexity index is 248. The molecule has 0 radical (unpaired) electrons. The summed E-state index contributed by atoms with van der Waals surface area (Å²) in [5, 5.41) is 13.4.